The van der Waals surface area contributed by atoms with E-state index >= 15 is 0 Å². The van der Waals surface area contributed by atoms with E-state index in [0.717, 1.165) is 36.7 Å². The second-order valence-corrected chi connectivity index (χ2v) is 7.70. The Kier molecular flexibility index (Phi) is 7.13. The molecule has 4 heteroatoms. The number of phenolic OH excluding ortho intramolecular Hbond substituents is 1. The molecule has 1 aliphatic carbocycles. The highest BCUT2D eigenvalue weighted by Crippen LogP contribution is 2.29. The van der Waals surface area contributed by atoms with E-state index in [-0.39, 0.29) is 5.75 Å². The van der Waals surface area contributed by atoms with Crippen molar-refractivity contribution in [1.29, 1.82) is 0 Å². The number of hydrogen-bond acceptors (Lipinski definition) is 4. The number of hydrogen-bond donors (Lipinski definition) is 2. The molecule has 1 aliphatic rings. The van der Waals surface area contributed by atoms with Gasteiger partial charge in [-0.2, -0.15) is 0 Å². The SMILES string of the molecule is COc1ccc(CN(Cc2ccc(CN)cc2)CC2CCCCC2)cc1O. The van der Waals surface area contributed by atoms with Gasteiger partial charge in [-0.15, -0.1) is 0 Å². The van der Waals surface area contributed by atoms with E-state index in [1.807, 2.05) is 18.2 Å². The van der Waals surface area contributed by atoms with Crippen LogP contribution in [0, 0.1) is 5.92 Å². The second kappa shape index (κ2) is 9.77. The van der Waals surface area contributed by atoms with Crippen LogP contribution in [0.3, 0.4) is 0 Å². The Labute approximate surface area is 163 Å². The van der Waals surface area contributed by atoms with Crippen molar-refractivity contribution in [3.63, 3.8) is 0 Å². The highest BCUT2D eigenvalue weighted by atomic mass is 16.5. The Morgan fingerprint density at radius 1 is 0.963 bits per heavy atom. The summed E-state index contributed by atoms with van der Waals surface area (Å²) in [6, 6.07) is 14.3. The number of aromatic hydroxyl groups is 1. The van der Waals surface area contributed by atoms with Crippen LogP contribution < -0.4 is 10.5 Å². The molecule has 0 unspecified atom stereocenters. The minimum atomic E-state index is 0.208. The lowest BCUT2D eigenvalue weighted by Gasteiger charge is -2.30. The van der Waals surface area contributed by atoms with Gasteiger partial charge >= 0.3 is 0 Å². The smallest absolute Gasteiger partial charge is 0.160 e. The largest absolute Gasteiger partial charge is 0.504 e. The van der Waals surface area contributed by atoms with E-state index in [1.165, 1.54) is 37.7 Å². The number of ether oxygens (including phenoxy) is 1. The van der Waals surface area contributed by atoms with E-state index in [9.17, 15) is 5.11 Å². The molecule has 2 aromatic rings. The highest BCUT2D eigenvalue weighted by Gasteiger charge is 2.18. The fraction of sp³-hybridized carbons (Fsp3) is 0.478. The quantitative estimate of drug-likeness (QED) is 0.723. The molecule has 4 nitrogen and oxygen atoms in total. The summed E-state index contributed by atoms with van der Waals surface area (Å²) >= 11 is 0. The van der Waals surface area contributed by atoms with Crippen LogP contribution in [0.15, 0.2) is 42.5 Å². The third kappa shape index (κ3) is 5.72. The minimum Gasteiger partial charge on any atom is -0.504 e. The van der Waals surface area contributed by atoms with Crippen molar-refractivity contribution in [3.05, 3.63) is 59.2 Å². The summed E-state index contributed by atoms with van der Waals surface area (Å²) in [5.41, 5.74) is 9.30. The molecule has 0 radical (unpaired) electrons. The molecule has 0 aliphatic heterocycles. The number of rotatable bonds is 8. The summed E-state index contributed by atoms with van der Waals surface area (Å²) in [5.74, 6) is 1.50. The first-order valence-corrected chi connectivity index (χ1v) is 10.0. The molecule has 0 spiro atoms. The molecule has 27 heavy (non-hydrogen) atoms. The van der Waals surface area contributed by atoms with E-state index in [0.29, 0.717) is 12.3 Å². The van der Waals surface area contributed by atoms with Crippen molar-refractivity contribution >= 4 is 0 Å². The molecular formula is C23H32N2O2. The van der Waals surface area contributed by atoms with Crippen LogP contribution in [0.2, 0.25) is 0 Å². The fourth-order valence-electron chi connectivity index (χ4n) is 4.05. The summed E-state index contributed by atoms with van der Waals surface area (Å²) in [6.45, 7) is 3.42. The molecule has 0 saturated heterocycles. The van der Waals surface area contributed by atoms with Crippen molar-refractivity contribution in [2.24, 2.45) is 11.7 Å². The lowest BCUT2D eigenvalue weighted by Crippen LogP contribution is -2.30. The van der Waals surface area contributed by atoms with E-state index in [2.05, 4.69) is 29.2 Å². The summed E-state index contributed by atoms with van der Waals surface area (Å²) in [5, 5.41) is 10.1. The maximum atomic E-state index is 10.1. The monoisotopic (exact) mass is 368 g/mol. The van der Waals surface area contributed by atoms with Crippen molar-refractivity contribution in [2.75, 3.05) is 13.7 Å². The van der Waals surface area contributed by atoms with Crippen molar-refractivity contribution in [3.8, 4) is 11.5 Å². The minimum absolute atomic E-state index is 0.208. The highest BCUT2D eigenvalue weighted by molar-refractivity contribution is 5.41. The average Bonchev–Trinajstić information content (AvgIpc) is 2.69. The van der Waals surface area contributed by atoms with Gasteiger partial charge in [0.1, 0.15) is 0 Å². The molecule has 1 fully saturated rings. The van der Waals surface area contributed by atoms with Gasteiger partial charge in [-0.3, -0.25) is 4.90 Å². The zero-order chi connectivity index (χ0) is 19.1. The van der Waals surface area contributed by atoms with Crippen LogP contribution >= 0.6 is 0 Å². The Morgan fingerprint density at radius 2 is 1.59 bits per heavy atom. The Hall–Kier alpha value is -2.04. The maximum absolute atomic E-state index is 10.1. The maximum Gasteiger partial charge on any atom is 0.160 e. The van der Waals surface area contributed by atoms with Gasteiger partial charge < -0.3 is 15.6 Å². The third-order valence-electron chi connectivity index (χ3n) is 5.56. The average molecular weight is 369 g/mol. The van der Waals surface area contributed by atoms with Gasteiger partial charge in [0, 0.05) is 26.2 Å². The van der Waals surface area contributed by atoms with E-state index < -0.39 is 0 Å². The van der Waals surface area contributed by atoms with Gasteiger partial charge in [-0.25, -0.2) is 0 Å². The Morgan fingerprint density at radius 3 is 2.22 bits per heavy atom. The van der Waals surface area contributed by atoms with Crippen molar-refractivity contribution < 1.29 is 9.84 Å². The van der Waals surface area contributed by atoms with Gasteiger partial charge in [0.25, 0.3) is 0 Å². The second-order valence-electron chi connectivity index (χ2n) is 7.70. The van der Waals surface area contributed by atoms with Crippen LogP contribution in [0.5, 0.6) is 11.5 Å². The zero-order valence-electron chi connectivity index (χ0n) is 16.4. The predicted molar refractivity (Wildman–Crippen MR) is 110 cm³/mol. The molecule has 0 atom stereocenters. The molecule has 3 N–H and O–H groups in total. The Bertz CT molecular complexity index is 709. The van der Waals surface area contributed by atoms with Crippen molar-refractivity contribution in [1.82, 2.24) is 4.90 Å². The normalized spacial score (nSPS) is 15.2. The first kappa shape index (κ1) is 19.7. The lowest BCUT2D eigenvalue weighted by atomic mass is 9.88. The number of phenols is 1. The van der Waals surface area contributed by atoms with Gasteiger partial charge in [-0.1, -0.05) is 49.6 Å². The van der Waals surface area contributed by atoms with Crippen LogP contribution in [-0.4, -0.2) is 23.7 Å². The van der Waals surface area contributed by atoms with Crippen LogP contribution in [0.4, 0.5) is 0 Å². The summed E-state index contributed by atoms with van der Waals surface area (Å²) in [6.07, 6.45) is 6.75. The van der Waals surface area contributed by atoms with Crippen LogP contribution in [-0.2, 0) is 19.6 Å². The van der Waals surface area contributed by atoms with E-state index in [4.69, 9.17) is 10.5 Å². The summed E-state index contributed by atoms with van der Waals surface area (Å²) in [7, 11) is 1.58. The number of nitrogens with zero attached hydrogens (tertiary/aromatic N) is 1. The van der Waals surface area contributed by atoms with Crippen LogP contribution in [0.1, 0.15) is 48.8 Å². The van der Waals surface area contributed by atoms with E-state index in [1.54, 1.807) is 7.11 Å². The number of nitrogens with two attached hydrogens (primary N) is 1. The van der Waals surface area contributed by atoms with Gasteiger partial charge in [0.15, 0.2) is 11.5 Å². The molecular weight excluding hydrogens is 336 g/mol. The first-order valence-electron chi connectivity index (χ1n) is 10.0. The number of methoxy groups -OCH3 is 1. The summed E-state index contributed by atoms with van der Waals surface area (Å²) < 4.78 is 5.17. The standard InChI is InChI=1S/C23H32N2O2/c1-27-23-12-11-21(13-22(23)26)17-25(15-19-5-3-2-4-6-19)16-20-9-7-18(14-24)8-10-20/h7-13,19,26H,2-6,14-17,24H2,1H3. The van der Waals surface area contributed by atoms with Gasteiger partial charge in [-0.05, 0) is 47.6 Å². The molecule has 0 amide bonds. The van der Waals surface area contributed by atoms with Crippen LogP contribution in [0.25, 0.3) is 0 Å². The topological polar surface area (TPSA) is 58.7 Å². The zero-order valence-corrected chi connectivity index (χ0v) is 16.4. The Balaban J connectivity index is 1.72. The number of benzene rings is 2. The molecule has 0 bridgehead atoms. The van der Waals surface area contributed by atoms with Gasteiger partial charge in [0.2, 0.25) is 0 Å². The lowest BCUT2D eigenvalue weighted by molar-refractivity contribution is 0.186. The molecule has 0 heterocycles. The first-order chi connectivity index (χ1) is 13.2. The van der Waals surface area contributed by atoms with Crippen molar-refractivity contribution in [2.45, 2.75) is 51.7 Å². The molecule has 0 aromatic heterocycles. The molecule has 2 aromatic carbocycles. The third-order valence-corrected chi connectivity index (χ3v) is 5.56. The summed E-state index contributed by atoms with van der Waals surface area (Å²) in [4.78, 5) is 2.51. The van der Waals surface area contributed by atoms with Gasteiger partial charge in [0.05, 0.1) is 7.11 Å². The molecule has 1 saturated carbocycles. The fourth-order valence-corrected chi connectivity index (χ4v) is 4.05. The predicted octanol–water partition coefficient (Wildman–Crippen LogP) is 4.44. The molecule has 3 rings (SSSR count). The molecule has 146 valence electrons.